The molecule has 1 aliphatic heterocycles. The number of rotatable bonds is 2. The number of hydrazone groups is 1. The predicted molar refractivity (Wildman–Crippen MR) is 60.0 cm³/mol. The van der Waals surface area contributed by atoms with Crippen LogP contribution in [0.4, 0.5) is 5.69 Å². The Balaban J connectivity index is 2.16. The molecule has 4 nitrogen and oxygen atoms in total. The van der Waals surface area contributed by atoms with E-state index >= 15 is 0 Å². The van der Waals surface area contributed by atoms with Gasteiger partial charge in [-0.1, -0.05) is 17.7 Å². The summed E-state index contributed by atoms with van der Waals surface area (Å²) in [4.78, 5) is 10.2. The molecule has 0 aromatic heterocycles. The van der Waals surface area contributed by atoms with Crippen LogP contribution >= 0.6 is 11.6 Å². The topological polar surface area (TPSA) is 44.7 Å². The largest absolute Gasteiger partial charge is 0.315 e. The van der Waals surface area contributed by atoms with Gasteiger partial charge in [0.05, 0.1) is 5.69 Å². The van der Waals surface area contributed by atoms with E-state index in [4.69, 9.17) is 11.6 Å². The maximum atomic E-state index is 10.2. The summed E-state index contributed by atoms with van der Waals surface area (Å²) in [6.07, 6.45) is 1.38. The molecule has 0 bridgehead atoms. The highest BCUT2D eigenvalue weighted by Crippen LogP contribution is 2.22. The molecule has 0 saturated heterocycles. The van der Waals surface area contributed by atoms with Crippen molar-refractivity contribution >= 4 is 29.5 Å². The van der Waals surface area contributed by atoms with Gasteiger partial charge in [0.1, 0.15) is 5.84 Å². The Morgan fingerprint density at radius 1 is 1.53 bits per heavy atom. The Bertz CT molecular complexity index is 405. The van der Waals surface area contributed by atoms with Gasteiger partial charge in [-0.25, -0.2) is 0 Å². The van der Waals surface area contributed by atoms with Gasteiger partial charge in [-0.3, -0.25) is 9.80 Å². The van der Waals surface area contributed by atoms with Crippen LogP contribution in [0.15, 0.2) is 29.4 Å². The van der Waals surface area contributed by atoms with Gasteiger partial charge in [-0.2, -0.15) is 5.10 Å². The summed E-state index contributed by atoms with van der Waals surface area (Å²) >= 11 is 5.87. The molecule has 0 spiro atoms. The van der Waals surface area contributed by atoms with E-state index in [9.17, 15) is 4.79 Å². The molecular formula is C10H10ClN3O. The zero-order valence-electron chi connectivity index (χ0n) is 7.98. The monoisotopic (exact) mass is 223 g/mol. The van der Waals surface area contributed by atoms with Crippen LogP contribution in [0.2, 0.25) is 5.02 Å². The van der Waals surface area contributed by atoms with E-state index in [-0.39, 0.29) is 0 Å². The third-order valence-electron chi connectivity index (χ3n) is 2.13. The summed E-state index contributed by atoms with van der Waals surface area (Å²) in [6, 6.07) is 7.46. The molecule has 0 unspecified atom stereocenters. The smallest absolute Gasteiger partial charge is 0.212 e. The van der Waals surface area contributed by atoms with E-state index < -0.39 is 0 Å². The Morgan fingerprint density at radius 3 is 3.13 bits per heavy atom. The Labute approximate surface area is 92.5 Å². The molecule has 0 fully saturated rings. The average Bonchev–Trinajstić information content (AvgIpc) is 2.67. The third kappa shape index (κ3) is 2.27. The van der Waals surface area contributed by atoms with Gasteiger partial charge in [-0.05, 0) is 18.2 Å². The molecule has 1 heterocycles. The highest BCUT2D eigenvalue weighted by atomic mass is 35.5. The summed E-state index contributed by atoms with van der Waals surface area (Å²) in [7, 11) is 0. The fourth-order valence-corrected chi connectivity index (χ4v) is 1.63. The van der Waals surface area contributed by atoms with Crippen LogP contribution in [0.25, 0.3) is 0 Å². The molecule has 1 aliphatic rings. The third-order valence-corrected chi connectivity index (χ3v) is 2.37. The number of halogens is 1. The normalized spacial score (nSPS) is 15.0. The van der Waals surface area contributed by atoms with Gasteiger partial charge < -0.3 is 5.32 Å². The van der Waals surface area contributed by atoms with E-state index in [1.807, 2.05) is 29.3 Å². The molecule has 0 aliphatic carbocycles. The van der Waals surface area contributed by atoms with Crippen molar-refractivity contribution < 1.29 is 4.79 Å². The fraction of sp³-hybridized carbons (Fsp3) is 0.200. The first kappa shape index (κ1) is 9.98. The lowest BCUT2D eigenvalue weighted by Gasteiger charge is -2.12. The second kappa shape index (κ2) is 4.31. The lowest BCUT2D eigenvalue weighted by Crippen LogP contribution is -2.18. The van der Waals surface area contributed by atoms with Crippen molar-refractivity contribution in [2.75, 3.05) is 11.6 Å². The molecule has 5 heteroatoms. The van der Waals surface area contributed by atoms with E-state index in [0.29, 0.717) is 17.3 Å². The van der Waals surface area contributed by atoms with Crippen LogP contribution in [-0.4, -0.2) is 18.8 Å². The highest BCUT2D eigenvalue weighted by molar-refractivity contribution is 6.30. The zero-order chi connectivity index (χ0) is 10.7. The molecule has 1 aromatic rings. The van der Waals surface area contributed by atoms with Crippen LogP contribution < -0.4 is 10.3 Å². The van der Waals surface area contributed by atoms with Gasteiger partial charge in [0.25, 0.3) is 0 Å². The molecule has 1 amide bonds. The van der Waals surface area contributed by atoms with Crippen LogP contribution in [0, 0.1) is 0 Å². The van der Waals surface area contributed by atoms with Crippen molar-refractivity contribution in [3.63, 3.8) is 0 Å². The first-order valence-corrected chi connectivity index (χ1v) is 4.98. The molecule has 0 radical (unpaired) electrons. The lowest BCUT2D eigenvalue weighted by atomic mass is 10.3. The number of anilines is 1. The maximum absolute atomic E-state index is 10.2. The molecular weight excluding hydrogens is 214 g/mol. The van der Waals surface area contributed by atoms with Gasteiger partial charge in [0.2, 0.25) is 6.41 Å². The molecule has 15 heavy (non-hydrogen) atoms. The highest BCUT2D eigenvalue weighted by Gasteiger charge is 2.15. The predicted octanol–water partition coefficient (Wildman–Crippen LogP) is 1.61. The van der Waals surface area contributed by atoms with Crippen LogP contribution in [0.1, 0.15) is 6.42 Å². The fourth-order valence-electron chi connectivity index (χ4n) is 1.45. The van der Waals surface area contributed by atoms with Crippen LogP contribution in [0.5, 0.6) is 0 Å². The summed E-state index contributed by atoms with van der Waals surface area (Å²) in [5.74, 6) is 0.685. The number of hydrogen-bond acceptors (Lipinski definition) is 3. The first-order chi connectivity index (χ1) is 7.29. The van der Waals surface area contributed by atoms with E-state index in [2.05, 4.69) is 10.4 Å². The Hall–Kier alpha value is -1.55. The second-order valence-corrected chi connectivity index (χ2v) is 3.60. The zero-order valence-corrected chi connectivity index (χ0v) is 8.74. The minimum atomic E-state index is 0.639. The van der Waals surface area contributed by atoms with Crippen LogP contribution in [0.3, 0.4) is 0 Å². The number of benzene rings is 1. The lowest BCUT2D eigenvalue weighted by molar-refractivity contribution is -0.108. The Kier molecular flexibility index (Phi) is 2.87. The van der Waals surface area contributed by atoms with Crippen molar-refractivity contribution in [1.29, 1.82) is 0 Å². The van der Waals surface area contributed by atoms with Crippen molar-refractivity contribution in [2.24, 2.45) is 5.10 Å². The maximum Gasteiger partial charge on any atom is 0.212 e. The molecule has 0 saturated carbocycles. The molecule has 0 atom stereocenters. The van der Waals surface area contributed by atoms with Crippen molar-refractivity contribution in [2.45, 2.75) is 6.42 Å². The minimum Gasteiger partial charge on any atom is -0.315 e. The van der Waals surface area contributed by atoms with Gasteiger partial charge in [0.15, 0.2) is 0 Å². The minimum absolute atomic E-state index is 0.639. The van der Waals surface area contributed by atoms with E-state index in [1.165, 1.54) is 0 Å². The molecule has 2 rings (SSSR count). The quantitative estimate of drug-likeness (QED) is 0.775. The number of amidine groups is 1. The van der Waals surface area contributed by atoms with Gasteiger partial charge in [-0.15, -0.1) is 0 Å². The van der Waals surface area contributed by atoms with Crippen molar-refractivity contribution in [1.82, 2.24) is 5.32 Å². The standard InChI is InChI=1S/C10H10ClN3O/c11-8-2-1-3-9(6-8)14-5-4-10(13-14)12-7-15/h1-3,6-7H,4-5H2,(H,12,13,15). The number of hydrogen-bond donors (Lipinski definition) is 1. The second-order valence-electron chi connectivity index (χ2n) is 3.16. The number of amides is 1. The van der Waals surface area contributed by atoms with Gasteiger partial charge >= 0.3 is 0 Å². The van der Waals surface area contributed by atoms with Crippen LogP contribution in [-0.2, 0) is 4.79 Å². The SMILES string of the molecule is O=CNC1=NN(c2cccc(Cl)c2)CC1. The molecule has 1 N–H and O–H groups in total. The molecule has 78 valence electrons. The van der Waals surface area contributed by atoms with E-state index in [1.54, 1.807) is 0 Å². The van der Waals surface area contributed by atoms with Crippen molar-refractivity contribution in [3.05, 3.63) is 29.3 Å². The summed E-state index contributed by atoms with van der Waals surface area (Å²) in [5.41, 5.74) is 0.935. The van der Waals surface area contributed by atoms with Crippen molar-refractivity contribution in [3.8, 4) is 0 Å². The first-order valence-electron chi connectivity index (χ1n) is 4.60. The Morgan fingerprint density at radius 2 is 2.40 bits per heavy atom. The summed E-state index contributed by atoms with van der Waals surface area (Å²) < 4.78 is 0. The van der Waals surface area contributed by atoms with E-state index in [0.717, 1.165) is 18.7 Å². The number of nitrogens with one attached hydrogen (secondary N) is 1. The molecule has 1 aromatic carbocycles. The number of nitrogens with zero attached hydrogens (tertiary/aromatic N) is 2. The summed E-state index contributed by atoms with van der Waals surface area (Å²) in [5, 5.41) is 9.29. The average molecular weight is 224 g/mol. The van der Waals surface area contributed by atoms with Gasteiger partial charge in [0, 0.05) is 18.0 Å². The number of carbonyl (C=O) groups is 1. The number of carbonyl (C=O) groups excluding carboxylic acids is 1. The summed E-state index contributed by atoms with van der Waals surface area (Å²) in [6.45, 7) is 0.760.